The lowest BCUT2D eigenvalue weighted by Crippen LogP contribution is -2.30. The van der Waals surface area contributed by atoms with Gasteiger partial charge in [0.2, 0.25) is 0 Å². The molecule has 284 valence electrons. The lowest BCUT2D eigenvalue weighted by atomic mass is 9.99. The van der Waals surface area contributed by atoms with E-state index < -0.39 is 6.10 Å². The SMILES string of the molecule is CCCCCCCC(=O)OC[C@@H](COC(=O)CCCCCCCCCCC(C)CC)OC(=O)CCCCCCCCCCCCC(C)C. The molecule has 0 aliphatic heterocycles. The van der Waals surface area contributed by atoms with Crippen molar-refractivity contribution in [2.45, 2.75) is 227 Å². The first-order valence-electron chi connectivity index (χ1n) is 20.8. The second kappa shape index (κ2) is 35.2. The maximum absolute atomic E-state index is 12.6. The summed E-state index contributed by atoms with van der Waals surface area (Å²) in [7, 11) is 0. The van der Waals surface area contributed by atoms with Crippen LogP contribution in [0.4, 0.5) is 0 Å². The van der Waals surface area contributed by atoms with Gasteiger partial charge in [-0.25, -0.2) is 0 Å². The van der Waals surface area contributed by atoms with E-state index >= 15 is 0 Å². The van der Waals surface area contributed by atoms with Gasteiger partial charge in [-0.3, -0.25) is 14.4 Å². The Hall–Kier alpha value is -1.59. The van der Waals surface area contributed by atoms with Crippen LogP contribution < -0.4 is 0 Å². The Morgan fingerprint density at radius 1 is 0.438 bits per heavy atom. The minimum atomic E-state index is -0.758. The molecule has 1 unspecified atom stereocenters. The molecule has 0 aromatic heterocycles. The molecule has 0 amide bonds. The van der Waals surface area contributed by atoms with Crippen molar-refractivity contribution in [2.75, 3.05) is 13.2 Å². The van der Waals surface area contributed by atoms with Gasteiger partial charge in [0.25, 0.3) is 0 Å². The number of esters is 3. The maximum Gasteiger partial charge on any atom is 0.306 e. The first-order valence-corrected chi connectivity index (χ1v) is 20.8. The standard InChI is InChI=1S/C42H80O6/c1-6-8-9-20-27-32-40(43)46-35-39(36-47-41(44)33-28-23-18-15-14-17-22-26-31-38(5)7-2)48-42(45)34-29-24-19-13-11-10-12-16-21-25-30-37(3)4/h37-39H,6-36H2,1-5H3/t38?,39-/m0/s1. The summed E-state index contributed by atoms with van der Waals surface area (Å²) in [6.07, 6.45) is 31.1. The van der Waals surface area contributed by atoms with Crippen LogP contribution in [0, 0.1) is 11.8 Å². The maximum atomic E-state index is 12.6. The average Bonchev–Trinajstić information content (AvgIpc) is 3.06. The second-order valence-corrected chi connectivity index (χ2v) is 15.0. The topological polar surface area (TPSA) is 78.9 Å². The zero-order valence-corrected chi connectivity index (χ0v) is 32.6. The summed E-state index contributed by atoms with van der Waals surface area (Å²) in [6, 6.07) is 0. The van der Waals surface area contributed by atoms with Crippen molar-refractivity contribution in [1.29, 1.82) is 0 Å². The van der Waals surface area contributed by atoms with Gasteiger partial charge in [-0.15, -0.1) is 0 Å². The number of rotatable bonds is 36. The fraction of sp³-hybridized carbons (Fsp3) is 0.929. The molecule has 6 nitrogen and oxygen atoms in total. The molecule has 0 aromatic rings. The van der Waals surface area contributed by atoms with Crippen molar-refractivity contribution in [3.05, 3.63) is 0 Å². The molecule has 0 saturated heterocycles. The van der Waals surface area contributed by atoms with Gasteiger partial charge >= 0.3 is 17.9 Å². The van der Waals surface area contributed by atoms with E-state index in [1.807, 2.05) is 0 Å². The molecule has 0 radical (unpaired) electrons. The van der Waals surface area contributed by atoms with Crippen LogP contribution in [0.1, 0.15) is 221 Å². The lowest BCUT2D eigenvalue weighted by molar-refractivity contribution is -0.167. The molecule has 2 atom stereocenters. The summed E-state index contributed by atoms with van der Waals surface area (Å²) in [4.78, 5) is 37.3. The molecular formula is C42H80O6. The minimum absolute atomic E-state index is 0.0670. The van der Waals surface area contributed by atoms with Crippen LogP contribution in [0.15, 0.2) is 0 Å². The van der Waals surface area contributed by atoms with E-state index in [0.29, 0.717) is 19.3 Å². The Kier molecular flexibility index (Phi) is 34.1. The first kappa shape index (κ1) is 46.4. The van der Waals surface area contributed by atoms with Gasteiger partial charge in [-0.2, -0.15) is 0 Å². The van der Waals surface area contributed by atoms with Crippen LogP contribution in [-0.4, -0.2) is 37.2 Å². The van der Waals surface area contributed by atoms with Crippen LogP contribution in [0.2, 0.25) is 0 Å². The summed E-state index contributed by atoms with van der Waals surface area (Å²) in [6.45, 7) is 11.2. The summed E-state index contributed by atoms with van der Waals surface area (Å²) < 4.78 is 16.6. The molecule has 0 aliphatic rings. The van der Waals surface area contributed by atoms with Gasteiger partial charge in [-0.1, -0.05) is 182 Å². The molecular weight excluding hydrogens is 600 g/mol. The van der Waals surface area contributed by atoms with E-state index in [9.17, 15) is 14.4 Å². The third kappa shape index (κ3) is 34.3. The van der Waals surface area contributed by atoms with Gasteiger partial charge in [0.05, 0.1) is 0 Å². The van der Waals surface area contributed by atoms with E-state index in [0.717, 1.165) is 76.0 Å². The lowest BCUT2D eigenvalue weighted by Gasteiger charge is -2.18. The third-order valence-corrected chi connectivity index (χ3v) is 9.58. The largest absolute Gasteiger partial charge is 0.462 e. The van der Waals surface area contributed by atoms with Crippen LogP contribution >= 0.6 is 0 Å². The summed E-state index contributed by atoms with van der Waals surface area (Å²) >= 11 is 0. The highest BCUT2D eigenvalue weighted by atomic mass is 16.6. The van der Waals surface area contributed by atoms with Crippen LogP contribution in [-0.2, 0) is 28.6 Å². The molecule has 6 heteroatoms. The number of hydrogen-bond acceptors (Lipinski definition) is 6. The van der Waals surface area contributed by atoms with Crippen molar-refractivity contribution in [3.63, 3.8) is 0 Å². The molecule has 48 heavy (non-hydrogen) atoms. The fourth-order valence-electron chi connectivity index (χ4n) is 6.01. The molecule has 0 saturated carbocycles. The molecule has 0 fully saturated rings. The summed E-state index contributed by atoms with van der Waals surface area (Å²) in [5.74, 6) is 0.786. The normalized spacial score (nSPS) is 12.6. The van der Waals surface area contributed by atoms with Crippen molar-refractivity contribution in [3.8, 4) is 0 Å². The first-order chi connectivity index (χ1) is 23.3. The third-order valence-electron chi connectivity index (χ3n) is 9.58. The smallest absolute Gasteiger partial charge is 0.306 e. The molecule has 0 aliphatic carbocycles. The molecule has 0 bridgehead atoms. The van der Waals surface area contributed by atoms with Crippen LogP contribution in [0.5, 0.6) is 0 Å². The Morgan fingerprint density at radius 2 is 0.792 bits per heavy atom. The Labute approximate surface area is 298 Å². The van der Waals surface area contributed by atoms with E-state index in [-0.39, 0.29) is 31.1 Å². The predicted molar refractivity (Wildman–Crippen MR) is 201 cm³/mol. The number of carbonyl (C=O) groups is 3. The Balaban J connectivity index is 4.26. The fourth-order valence-corrected chi connectivity index (χ4v) is 6.01. The minimum Gasteiger partial charge on any atom is -0.462 e. The van der Waals surface area contributed by atoms with Gasteiger partial charge in [0.15, 0.2) is 6.10 Å². The van der Waals surface area contributed by atoms with Gasteiger partial charge in [0, 0.05) is 19.3 Å². The second-order valence-electron chi connectivity index (χ2n) is 15.0. The van der Waals surface area contributed by atoms with Crippen LogP contribution in [0.25, 0.3) is 0 Å². The molecule has 0 heterocycles. The van der Waals surface area contributed by atoms with E-state index in [4.69, 9.17) is 14.2 Å². The average molecular weight is 681 g/mol. The zero-order chi connectivity index (χ0) is 35.5. The highest BCUT2D eigenvalue weighted by Crippen LogP contribution is 2.16. The van der Waals surface area contributed by atoms with Crippen molar-refractivity contribution >= 4 is 17.9 Å². The molecule has 0 aromatic carbocycles. The van der Waals surface area contributed by atoms with Gasteiger partial charge < -0.3 is 14.2 Å². The molecule has 0 rings (SSSR count). The van der Waals surface area contributed by atoms with Gasteiger partial charge in [0.1, 0.15) is 13.2 Å². The van der Waals surface area contributed by atoms with Crippen molar-refractivity contribution < 1.29 is 28.6 Å². The number of ether oxygens (including phenoxy) is 3. The summed E-state index contributed by atoms with van der Waals surface area (Å²) in [5.41, 5.74) is 0. The highest BCUT2D eigenvalue weighted by Gasteiger charge is 2.19. The van der Waals surface area contributed by atoms with Crippen LogP contribution in [0.3, 0.4) is 0 Å². The predicted octanol–water partition coefficient (Wildman–Crippen LogP) is 12.6. The zero-order valence-electron chi connectivity index (χ0n) is 32.6. The molecule has 0 spiro atoms. The van der Waals surface area contributed by atoms with E-state index in [1.165, 1.54) is 103 Å². The van der Waals surface area contributed by atoms with Gasteiger partial charge in [-0.05, 0) is 31.1 Å². The highest BCUT2D eigenvalue weighted by molar-refractivity contribution is 5.71. The molecule has 0 N–H and O–H groups in total. The van der Waals surface area contributed by atoms with Crippen molar-refractivity contribution in [1.82, 2.24) is 0 Å². The van der Waals surface area contributed by atoms with E-state index in [2.05, 4.69) is 34.6 Å². The summed E-state index contributed by atoms with van der Waals surface area (Å²) in [5, 5.41) is 0. The Morgan fingerprint density at radius 3 is 1.19 bits per heavy atom. The van der Waals surface area contributed by atoms with E-state index in [1.54, 1.807) is 0 Å². The number of carbonyl (C=O) groups excluding carboxylic acids is 3. The number of unbranched alkanes of at least 4 members (excludes halogenated alkanes) is 20. The monoisotopic (exact) mass is 681 g/mol. The quantitative estimate of drug-likeness (QED) is 0.0372. The Bertz CT molecular complexity index is 736. The number of hydrogen-bond donors (Lipinski definition) is 0. The van der Waals surface area contributed by atoms with Crippen molar-refractivity contribution in [2.24, 2.45) is 11.8 Å².